The Hall–Kier alpha value is -1.38. The number of nitrogens with one attached hydrogen (secondary N) is 1. The van der Waals surface area contributed by atoms with E-state index in [0.29, 0.717) is 0 Å². The molecule has 2 nitrogen and oxygen atoms in total. The van der Waals surface area contributed by atoms with Gasteiger partial charge in [0.05, 0.1) is 5.41 Å². The number of halogens is 1. The molecule has 128 valence electrons. The molecule has 1 aromatic rings. The summed E-state index contributed by atoms with van der Waals surface area (Å²) in [4.78, 5) is 13.3. The lowest BCUT2D eigenvalue weighted by Gasteiger charge is -2.58. The van der Waals surface area contributed by atoms with Gasteiger partial charge in [-0.25, -0.2) is 4.39 Å². The van der Waals surface area contributed by atoms with Crippen LogP contribution in [0.4, 0.5) is 4.39 Å². The van der Waals surface area contributed by atoms with Crippen molar-refractivity contribution >= 4 is 5.91 Å². The minimum absolute atomic E-state index is 0.0434. The summed E-state index contributed by atoms with van der Waals surface area (Å²) in [5.41, 5.74) is 0.434. The quantitative estimate of drug-likeness (QED) is 0.879. The van der Waals surface area contributed by atoms with Gasteiger partial charge in [0.15, 0.2) is 0 Å². The van der Waals surface area contributed by atoms with Gasteiger partial charge in [0.1, 0.15) is 5.82 Å². The van der Waals surface area contributed by atoms with Crippen molar-refractivity contribution in [2.75, 3.05) is 0 Å². The summed E-state index contributed by atoms with van der Waals surface area (Å²) in [5, 5.41) is 3.52. The van der Waals surface area contributed by atoms with Gasteiger partial charge >= 0.3 is 0 Å². The molecule has 6 rings (SSSR count). The minimum atomic E-state index is -0.481. The SMILES string of the molecule is O=C(NC12CC3CC(CC(C3)C1)C2)C1(c2cccc(F)c2)CCC1. The zero-order valence-electron chi connectivity index (χ0n) is 14.2. The maximum absolute atomic E-state index is 13.7. The molecule has 5 aliphatic rings. The molecule has 0 aliphatic heterocycles. The topological polar surface area (TPSA) is 29.1 Å². The lowest BCUT2D eigenvalue weighted by atomic mass is 9.52. The van der Waals surface area contributed by atoms with E-state index in [0.717, 1.165) is 42.6 Å². The Morgan fingerprint density at radius 1 is 1.04 bits per heavy atom. The maximum Gasteiger partial charge on any atom is 0.231 e. The first-order chi connectivity index (χ1) is 11.6. The van der Waals surface area contributed by atoms with Crippen molar-refractivity contribution in [3.8, 4) is 0 Å². The normalized spacial score (nSPS) is 38.6. The molecule has 1 N–H and O–H groups in total. The average Bonchev–Trinajstić information content (AvgIpc) is 2.43. The van der Waals surface area contributed by atoms with Crippen LogP contribution in [0.25, 0.3) is 0 Å². The van der Waals surface area contributed by atoms with Crippen LogP contribution in [-0.2, 0) is 10.2 Å². The van der Waals surface area contributed by atoms with Crippen LogP contribution in [0.1, 0.15) is 63.4 Å². The first-order valence-corrected chi connectivity index (χ1v) is 9.66. The van der Waals surface area contributed by atoms with Crippen LogP contribution in [0.2, 0.25) is 0 Å². The van der Waals surface area contributed by atoms with Crippen molar-refractivity contribution in [1.29, 1.82) is 0 Å². The lowest BCUT2D eigenvalue weighted by Crippen LogP contribution is -2.63. The highest BCUT2D eigenvalue weighted by Gasteiger charge is 2.54. The van der Waals surface area contributed by atoms with Crippen LogP contribution in [-0.4, -0.2) is 11.4 Å². The highest BCUT2D eigenvalue weighted by atomic mass is 19.1. The van der Waals surface area contributed by atoms with Gasteiger partial charge in [-0.15, -0.1) is 0 Å². The number of hydrogen-bond donors (Lipinski definition) is 1. The van der Waals surface area contributed by atoms with Crippen molar-refractivity contribution in [3.63, 3.8) is 0 Å². The molecule has 24 heavy (non-hydrogen) atoms. The molecule has 5 aliphatic carbocycles. The molecule has 0 atom stereocenters. The van der Waals surface area contributed by atoms with Crippen molar-refractivity contribution in [2.45, 2.75) is 68.7 Å². The summed E-state index contributed by atoms with van der Waals surface area (Å²) in [7, 11) is 0. The summed E-state index contributed by atoms with van der Waals surface area (Å²) in [6, 6.07) is 6.70. The summed E-state index contributed by atoms with van der Waals surface area (Å²) < 4.78 is 13.7. The smallest absolute Gasteiger partial charge is 0.231 e. The zero-order chi connectivity index (χ0) is 16.4. The molecule has 0 aromatic heterocycles. The zero-order valence-corrected chi connectivity index (χ0v) is 14.2. The third-order valence-corrected chi connectivity index (χ3v) is 7.44. The minimum Gasteiger partial charge on any atom is -0.350 e. The Labute approximate surface area is 143 Å². The maximum atomic E-state index is 13.7. The molecular formula is C21H26FNO. The highest BCUT2D eigenvalue weighted by molar-refractivity contribution is 5.90. The van der Waals surface area contributed by atoms with E-state index < -0.39 is 5.41 Å². The van der Waals surface area contributed by atoms with Crippen LogP contribution >= 0.6 is 0 Å². The fourth-order valence-corrected chi connectivity index (χ4v) is 6.59. The summed E-state index contributed by atoms with van der Waals surface area (Å²) >= 11 is 0. The Bertz CT molecular complexity index is 643. The Balaban J connectivity index is 1.42. The van der Waals surface area contributed by atoms with Crippen LogP contribution in [0.3, 0.4) is 0 Å². The van der Waals surface area contributed by atoms with E-state index in [1.807, 2.05) is 6.07 Å². The third kappa shape index (κ3) is 2.16. The number of rotatable bonds is 3. The highest BCUT2D eigenvalue weighted by Crippen LogP contribution is 2.56. The number of amides is 1. The van der Waals surface area contributed by atoms with E-state index in [4.69, 9.17) is 0 Å². The van der Waals surface area contributed by atoms with Crippen molar-refractivity contribution in [2.24, 2.45) is 17.8 Å². The molecule has 0 radical (unpaired) electrons. The molecular weight excluding hydrogens is 301 g/mol. The molecule has 1 amide bonds. The number of carbonyl (C=O) groups excluding carboxylic acids is 1. The van der Waals surface area contributed by atoms with Crippen molar-refractivity contribution in [1.82, 2.24) is 5.32 Å². The Morgan fingerprint density at radius 3 is 2.17 bits per heavy atom. The first kappa shape index (κ1) is 14.9. The predicted molar refractivity (Wildman–Crippen MR) is 91.0 cm³/mol. The Kier molecular flexibility index (Phi) is 3.15. The first-order valence-electron chi connectivity index (χ1n) is 9.66. The van der Waals surface area contributed by atoms with Crippen molar-refractivity contribution < 1.29 is 9.18 Å². The van der Waals surface area contributed by atoms with Gasteiger partial charge in [-0.1, -0.05) is 18.6 Å². The van der Waals surface area contributed by atoms with E-state index in [1.165, 1.54) is 44.6 Å². The van der Waals surface area contributed by atoms with Crippen LogP contribution in [0.15, 0.2) is 24.3 Å². The third-order valence-electron chi connectivity index (χ3n) is 7.44. The van der Waals surface area contributed by atoms with Gasteiger partial charge in [-0.05, 0) is 86.8 Å². The summed E-state index contributed by atoms with van der Waals surface area (Å²) in [6.45, 7) is 0. The average molecular weight is 327 g/mol. The van der Waals surface area contributed by atoms with Gasteiger partial charge in [0.2, 0.25) is 5.91 Å². The Morgan fingerprint density at radius 2 is 1.67 bits per heavy atom. The summed E-state index contributed by atoms with van der Waals surface area (Å²) in [6.07, 6.45) is 10.4. The predicted octanol–water partition coefficient (Wildman–Crippen LogP) is 4.33. The van der Waals surface area contributed by atoms with E-state index >= 15 is 0 Å². The second-order valence-electron chi connectivity index (χ2n) is 9.10. The van der Waals surface area contributed by atoms with Crippen LogP contribution < -0.4 is 5.32 Å². The van der Waals surface area contributed by atoms with Crippen LogP contribution in [0, 0.1) is 23.6 Å². The van der Waals surface area contributed by atoms with Gasteiger partial charge in [-0.3, -0.25) is 4.79 Å². The number of benzene rings is 1. The molecule has 3 heteroatoms. The number of carbonyl (C=O) groups is 1. The number of hydrogen-bond acceptors (Lipinski definition) is 1. The fourth-order valence-electron chi connectivity index (χ4n) is 6.59. The van der Waals surface area contributed by atoms with Crippen LogP contribution in [0.5, 0.6) is 0 Å². The lowest BCUT2D eigenvalue weighted by molar-refractivity contribution is -0.135. The fraction of sp³-hybridized carbons (Fsp3) is 0.667. The second-order valence-corrected chi connectivity index (χ2v) is 9.10. The van der Waals surface area contributed by atoms with E-state index in [2.05, 4.69) is 5.32 Å². The molecule has 0 heterocycles. The van der Waals surface area contributed by atoms with E-state index in [1.54, 1.807) is 12.1 Å². The van der Waals surface area contributed by atoms with Gasteiger partial charge < -0.3 is 5.32 Å². The summed E-state index contributed by atoms with van der Waals surface area (Å²) in [5.74, 6) is 2.40. The molecule has 1 aromatic carbocycles. The monoisotopic (exact) mass is 327 g/mol. The molecule has 0 unspecified atom stereocenters. The van der Waals surface area contributed by atoms with Gasteiger partial charge in [0, 0.05) is 5.54 Å². The standard InChI is InChI=1S/C21H26FNO/c22-18-4-1-3-17(10-18)21(5-2-6-21)19(24)23-20-11-14-7-15(12-20)9-16(8-14)13-20/h1,3-4,10,14-16H,2,5-9,11-13H2,(H,23,24). The van der Waals surface area contributed by atoms with Crippen molar-refractivity contribution in [3.05, 3.63) is 35.6 Å². The molecule has 5 fully saturated rings. The van der Waals surface area contributed by atoms with E-state index in [9.17, 15) is 9.18 Å². The molecule has 0 saturated heterocycles. The molecule has 5 saturated carbocycles. The van der Waals surface area contributed by atoms with Gasteiger partial charge in [0.25, 0.3) is 0 Å². The van der Waals surface area contributed by atoms with Gasteiger partial charge in [-0.2, -0.15) is 0 Å². The second kappa shape index (κ2) is 5.06. The largest absolute Gasteiger partial charge is 0.350 e. The molecule has 4 bridgehead atoms. The molecule has 0 spiro atoms. The van der Waals surface area contributed by atoms with E-state index in [-0.39, 0.29) is 17.3 Å².